The summed E-state index contributed by atoms with van der Waals surface area (Å²) >= 11 is 0. The van der Waals surface area contributed by atoms with Crippen molar-refractivity contribution in [2.75, 3.05) is 10.6 Å². The van der Waals surface area contributed by atoms with Crippen molar-refractivity contribution in [2.45, 2.75) is 6.18 Å². The minimum Gasteiger partial charge on any atom is -0.338 e. The first-order valence-electron chi connectivity index (χ1n) is 7.93. The van der Waals surface area contributed by atoms with E-state index in [1.54, 1.807) is 24.3 Å². The van der Waals surface area contributed by atoms with Gasteiger partial charge in [0.1, 0.15) is 17.6 Å². The first-order chi connectivity index (χ1) is 13.4. The van der Waals surface area contributed by atoms with Gasteiger partial charge in [0.05, 0.1) is 29.2 Å². The SMILES string of the molecule is N#Cc1ccccc1Nc1cnc(C(=O)Nc2cccc(C(F)(F)F)c2)cn1. The Morgan fingerprint density at radius 3 is 2.50 bits per heavy atom. The number of anilines is 3. The van der Waals surface area contributed by atoms with Gasteiger partial charge in [-0.2, -0.15) is 18.4 Å². The Labute approximate surface area is 157 Å². The molecular weight excluding hydrogens is 371 g/mol. The molecule has 2 N–H and O–H groups in total. The number of nitriles is 1. The van der Waals surface area contributed by atoms with E-state index in [2.05, 4.69) is 20.6 Å². The number of nitrogens with one attached hydrogen (secondary N) is 2. The molecule has 0 aliphatic rings. The second kappa shape index (κ2) is 7.75. The van der Waals surface area contributed by atoms with E-state index in [1.165, 1.54) is 24.5 Å². The number of para-hydroxylation sites is 1. The van der Waals surface area contributed by atoms with Crippen LogP contribution in [0.2, 0.25) is 0 Å². The summed E-state index contributed by atoms with van der Waals surface area (Å²) in [7, 11) is 0. The number of alkyl halides is 3. The third-order valence-corrected chi connectivity index (χ3v) is 3.64. The van der Waals surface area contributed by atoms with Crippen molar-refractivity contribution < 1.29 is 18.0 Å². The second-order valence-corrected chi connectivity index (χ2v) is 5.60. The van der Waals surface area contributed by atoms with Crippen LogP contribution in [0.3, 0.4) is 0 Å². The molecule has 0 spiro atoms. The Morgan fingerprint density at radius 1 is 1.04 bits per heavy atom. The fourth-order valence-corrected chi connectivity index (χ4v) is 2.31. The van der Waals surface area contributed by atoms with Gasteiger partial charge in [-0.25, -0.2) is 9.97 Å². The van der Waals surface area contributed by atoms with Crippen LogP contribution in [0.5, 0.6) is 0 Å². The number of amides is 1. The zero-order valence-corrected chi connectivity index (χ0v) is 14.2. The average Bonchev–Trinajstić information content (AvgIpc) is 2.68. The van der Waals surface area contributed by atoms with Crippen molar-refractivity contribution >= 4 is 23.1 Å². The molecule has 2 aromatic carbocycles. The minimum atomic E-state index is -4.51. The van der Waals surface area contributed by atoms with E-state index in [1.807, 2.05) is 6.07 Å². The summed E-state index contributed by atoms with van der Waals surface area (Å²) in [5, 5.41) is 14.3. The lowest BCUT2D eigenvalue weighted by molar-refractivity contribution is -0.137. The molecule has 0 radical (unpaired) electrons. The standard InChI is InChI=1S/C19H12F3N5O/c20-19(21,22)13-5-3-6-14(8-13)26-18(28)16-10-25-17(11-24-16)27-15-7-2-1-4-12(15)9-23/h1-8,10-11H,(H,25,27)(H,26,28). The highest BCUT2D eigenvalue weighted by atomic mass is 19.4. The van der Waals surface area contributed by atoms with Crippen LogP contribution in [-0.4, -0.2) is 15.9 Å². The summed E-state index contributed by atoms with van der Waals surface area (Å²) in [5.74, 6) is -0.394. The molecule has 1 aromatic heterocycles. The number of hydrogen-bond acceptors (Lipinski definition) is 5. The monoisotopic (exact) mass is 383 g/mol. The number of carbonyl (C=O) groups excluding carboxylic acids is 1. The summed E-state index contributed by atoms with van der Waals surface area (Å²) in [4.78, 5) is 20.2. The summed E-state index contributed by atoms with van der Waals surface area (Å²) in [5.41, 5.74) is -0.00784. The van der Waals surface area contributed by atoms with Crippen LogP contribution in [0.25, 0.3) is 0 Å². The summed E-state index contributed by atoms with van der Waals surface area (Å²) in [6.07, 6.45) is -2.04. The van der Waals surface area contributed by atoms with Crippen LogP contribution in [0, 0.1) is 11.3 Å². The maximum absolute atomic E-state index is 12.7. The predicted molar refractivity (Wildman–Crippen MR) is 95.9 cm³/mol. The lowest BCUT2D eigenvalue weighted by Crippen LogP contribution is -2.15. The van der Waals surface area contributed by atoms with E-state index in [0.717, 1.165) is 12.1 Å². The molecule has 3 aromatic rings. The van der Waals surface area contributed by atoms with Crippen LogP contribution in [0.4, 0.5) is 30.4 Å². The van der Waals surface area contributed by atoms with Gasteiger partial charge in [0.25, 0.3) is 5.91 Å². The molecule has 0 aliphatic heterocycles. The number of benzene rings is 2. The Morgan fingerprint density at radius 2 is 1.82 bits per heavy atom. The number of nitrogens with zero attached hydrogens (tertiary/aromatic N) is 3. The van der Waals surface area contributed by atoms with Crippen LogP contribution in [0.15, 0.2) is 60.9 Å². The fourth-order valence-electron chi connectivity index (χ4n) is 2.31. The molecule has 6 nitrogen and oxygen atoms in total. The molecule has 1 heterocycles. The van der Waals surface area contributed by atoms with Gasteiger partial charge in [-0.05, 0) is 30.3 Å². The number of hydrogen-bond donors (Lipinski definition) is 2. The topological polar surface area (TPSA) is 90.7 Å². The van der Waals surface area contributed by atoms with E-state index < -0.39 is 17.6 Å². The first-order valence-corrected chi connectivity index (χ1v) is 7.93. The Hall–Kier alpha value is -3.93. The van der Waals surface area contributed by atoms with Gasteiger partial charge >= 0.3 is 6.18 Å². The predicted octanol–water partition coefficient (Wildman–Crippen LogP) is 4.36. The van der Waals surface area contributed by atoms with Crippen molar-refractivity contribution in [1.29, 1.82) is 5.26 Å². The molecule has 1 amide bonds. The van der Waals surface area contributed by atoms with Gasteiger partial charge in [0, 0.05) is 5.69 Å². The summed E-state index contributed by atoms with van der Waals surface area (Å²) < 4.78 is 38.2. The molecule has 3 rings (SSSR count). The minimum absolute atomic E-state index is 0.00762. The molecule has 0 saturated heterocycles. The zero-order valence-electron chi connectivity index (χ0n) is 14.2. The van der Waals surface area contributed by atoms with Crippen molar-refractivity contribution in [3.05, 3.63) is 77.7 Å². The van der Waals surface area contributed by atoms with Gasteiger partial charge < -0.3 is 10.6 Å². The van der Waals surface area contributed by atoms with E-state index in [0.29, 0.717) is 17.1 Å². The maximum Gasteiger partial charge on any atom is 0.416 e. The largest absolute Gasteiger partial charge is 0.416 e. The zero-order chi connectivity index (χ0) is 20.1. The Balaban J connectivity index is 1.71. The molecule has 0 atom stereocenters. The van der Waals surface area contributed by atoms with Crippen molar-refractivity contribution in [1.82, 2.24) is 9.97 Å². The van der Waals surface area contributed by atoms with Gasteiger partial charge in [-0.3, -0.25) is 4.79 Å². The van der Waals surface area contributed by atoms with Gasteiger partial charge in [0.15, 0.2) is 0 Å². The third-order valence-electron chi connectivity index (χ3n) is 3.64. The Kier molecular flexibility index (Phi) is 5.22. The number of rotatable bonds is 4. The number of aromatic nitrogens is 2. The highest BCUT2D eigenvalue weighted by molar-refractivity contribution is 6.02. The first kappa shape index (κ1) is 18.8. The Bertz CT molecular complexity index is 1040. The quantitative estimate of drug-likeness (QED) is 0.698. The molecule has 0 saturated carbocycles. The fraction of sp³-hybridized carbons (Fsp3) is 0.0526. The maximum atomic E-state index is 12.7. The average molecular weight is 383 g/mol. The van der Waals surface area contributed by atoms with Gasteiger partial charge in [0.2, 0.25) is 0 Å². The third kappa shape index (κ3) is 4.42. The molecule has 0 aliphatic carbocycles. The molecule has 140 valence electrons. The molecule has 0 bridgehead atoms. The van der Waals surface area contributed by atoms with Crippen molar-refractivity contribution in [2.24, 2.45) is 0 Å². The molecule has 0 fully saturated rings. The molecule has 0 unspecified atom stereocenters. The molecule has 28 heavy (non-hydrogen) atoms. The van der Waals surface area contributed by atoms with E-state index in [4.69, 9.17) is 5.26 Å². The van der Waals surface area contributed by atoms with Gasteiger partial charge in [-0.15, -0.1) is 0 Å². The van der Waals surface area contributed by atoms with E-state index in [9.17, 15) is 18.0 Å². The summed E-state index contributed by atoms with van der Waals surface area (Å²) in [6.45, 7) is 0. The van der Waals surface area contributed by atoms with Gasteiger partial charge in [-0.1, -0.05) is 18.2 Å². The lowest BCUT2D eigenvalue weighted by Gasteiger charge is -2.10. The summed E-state index contributed by atoms with van der Waals surface area (Å²) in [6, 6.07) is 13.1. The second-order valence-electron chi connectivity index (χ2n) is 5.60. The molecule has 9 heteroatoms. The highest BCUT2D eigenvalue weighted by Gasteiger charge is 2.30. The number of halogens is 3. The van der Waals surface area contributed by atoms with Crippen LogP contribution >= 0.6 is 0 Å². The number of carbonyl (C=O) groups is 1. The van der Waals surface area contributed by atoms with Crippen LogP contribution in [0.1, 0.15) is 21.6 Å². The molecular formula is C19H12F3N5O. The normalized spacial score (nSPS) is 10.8. The highest BCUT2D eigenvalue weighted by Crippen LogP contribution is 2.30. The lowest BCUT2D eigenvalue weighted by atomic mass is 10.2. The van der Waals surface area contributed by atoms with E-state index >= 15 is 0 Å². The smallest absolute Gasteiger partial charge is 0.338 e. The van der Waals surface area contributed by atoms with Crippen molar-refractivity contribution in [3.63, 3.8) is 0 Å². The van der Waals surface area contributed by atoms with Crippen LogP contribution in [-0.2, 0) is 6.18 Å². The van der Waals surface area contributed by atoms with E-state index in [-0.39, 0.29) is 11.4 Å². The van der Waals surface area contributed by atoms with Crippen LogP contribution < -0.4 is 10.6 Å². The van der Waals surface area contributed by atoms with Crippen molar-refractivity contribution in [3.8, 4) is 6.07 Å².